The van der Waals surface area contributed by atoms with E-state index in [2.05, 4.69) is 5.32 Å². The summed E-state index contributed by atoms with van der Waals surface area (Å²) in [5, 5.41) is 13.7. The summed E-state index contributed by atoms with van der Waals surface area (Å²) in [6.07, 6.45) is 2.86. The first kappa shape index (κ1) is 12.8. The van der Waals surface area contributed by atoms with Crippen LogP contribution in [0.5, 0.6) is 0 Å². The number of hydrogen-bond acceptors (Lipinski definition) is 3. The number of nitrogens with zero attached hydrogens (tertiary/aromatic N) is 1. The quantitative estimate of drug-likeness (QED) is 0.677. The van der Waals surface area contributed by atoms with Gasteiger partial charge in [-0.15, -0.1) is 0 Å². The lowest BCUT2D eigenvalue weighted by atomic mass is 9.78. The van der Waals surface area contributed by atoms with Crippen LogP contribution in [0.25, 0.3) is 0 Å². The van der Waals surface area contributed by atoms with Crippen molar-refractivity contribution in [3.8, 4) is 0 Å². The van der Waals surface area contributed by atoms with E-state index in [1.807, 2.05) is 6.92 Å². The molecule has 1 N–H and O–H groups in total. The van der Waals surface area contributed by atoms with Gasteiger partial charge in [-0.3, -0.25) is 14.9 Å². The molecule has 0 spiro atoms. The van der Waals surface area contributed by atoms with Crippen molar-refractivity contribution in [2.45, 2.75) is 31.7 Å². The number of carbonyl (C=O) groups excluding carboxylic acids is 1. The molecule has 1 aromatic rings. The number of hydrogen-bond donors (Lipinski definition) is 1. The zero-order valence-corrected chi connectivity index (χ0v) is 10.7. The molecule has 6 heteroatoms. The van der Waals surface area contributed by atoms with E-state index in [0.29, 0.717) is 0 Å². The largest absolute Gasteiger partial charge is 0.347 e. The molecule has 1 aliphatic carbocycles. The Morgan fingerprint density at radius 1 is 1.50 bits per heavy atom. The van der Waals surface area contributed by atoms with E-state index in [-0.39, 0.29) is 21.8 Å². The Balaban J connectivity index is 2.30. The van der Waals surface area contributed by atoms with Crippen LogP contribution in [0.2, 0.25) is 5.02 Å². The summed E-state index contributed by atoms with van der Waals surface area (Å²) in [5.74, 6) is -0.439. The first-order valence-electron chi connectivity index (χ1n) is 5.68. The van der Waals surface area contributed by atoms with Crippen LogP contribution in [0.3, 0.4) is 0 Å². The van der Waals surface area contributed by atoms with Crippen molar-refractivity contribution >= 4 is 23.2 Å². The Bertz CT molecular complexity index is 512. The first-order valence-corrected chi connectivity index (χ1v) is 6.06. The van der Waals surface area contributed by atoms with E-state index in [4.69, 9.17) is 11.6 Å². The summed E-state index contributed by atoms with van der Waals surface area (Å²) in [6.45, 7) is 1.94. The lowest BCUT2D eigenvalue weighted by Crippen LogP contribution is -2.51. The van der Waals surface area contributed by atoms with Crippen molar-refractivity contribution in [1.29, 1.82) is 0 Å². The van der Waals surface area contributed by atoms with E-state index in [9.17, 15) is 14.9 Å². The van der Waals surface area contributed by atoms with Gasteiger partial charge < -0.3 is 5.32 Å². The highest BCUT2D eigenvalue weighted by atomic mass is 35.5. The number of benzene rings is 1. The van der Waals surface area contributed by atoms with Gasteiger partial charge in [-0.05, 0) is 38.3 Å². The van der Waals surface area contributed by atoms with Crippen LogP contribution in [0.4, 0.5) is 5.69 Å². The topological polar surface area (TPSA) is 72.2 Å². The number of nitro benzene ring substituents is 1. The van der Waals surface area contributed by atoms with Gasteiger partial charge in [-0.1, -0.05) is 17.7 Å². The highest BCUT2D eigenvalue weighted by Crippen LogP contribution is 2.33. The highest BCUT2D eigenvalue weighted by Gasteiger charge is 2.35. The Kier molecular flexibility index (Phi) is 3.26. The fourth-order valence-electron chi connectivity index (χ4n) is 2.06. The molecule has 18 heavy (non-hydrogen) atoms. The minimum absolute atomic E-state index is 0.0145. The molecule has 0 bridgehead atoms. The van der Waals surface area contributed by atoms with Crippen molar-refractivity contribution in [2.24, 2.45) is 0 Å². The maximum Gasteiger partial charge on any atom is 0.300 e. The maximum absolute atomic E-state index is 12.1. The number of halogens is 1. The number of nitro groups is 1. The molecule has 1 fully saturated rings. The molecule has 2 rings (SSSR count). The normalized spacial score (nSPS) is 16.8. The molecule has 0 heterocycles. The van der Waals surface area contributed by atoms with Crippen molar-refractivity contribution in [3.63, 3.8) is 0 Å². The second-order valence-corrected chi connectivity index (χ2v) is 5.17. The molecule has 0 saturated heterocycles. The van der Waals surface area contributed by atoms with Gasteiger partial charge >= 0.3 is 5.69 Å². The minimum Gasteiger partial charge on any atom is -0.347 e. The molecule has 1 aromatic carbocycles. The van der Waals surface area contributed by atoms with Crippen LogP contribution in [0.1, 0.15) is 36.5 Å². The van der Waals surface area contributed by atoms with Crippen molar-refractivity contribution < 1.29 is 9.72 Å². The number of nitrogens with one attached hydrogen (secondary N) is 1. The summed E-state index contributed by atoms with van der Waals surface area (Å²) in [6, 6.07) is 4.36. The van der Waals surface area contributed by atoms with Crippen LogP contribution in [0, 0.1) is 10.1 Å². The highest BCUT2D eigenvalue weighted by molar-refractivity contribution is 6.33. The molecule has 96 valence electrons. The van der Waals surface area contributed by atoms with Gasteiger partial charge in [0, 0.05) is 5.54 Å². The Labute approximate surface area is 109 Å². The molecular weight excluding hydrogens is 256 g/mol. The van der Waals surface area contributed by atoms with Crippen LogP contribution < -0.4 is 5.32 Å². The summed E-state index contributed by atoms with van der Waals surface area (Å²) < 4.78 is 0. The third kappa shape index (κ3) is 2.31. The van der Waals surface area contributed by atoms with Crippen molar-refractivity contribution in [1.82, 2.24) is 5.32 Å². The molecule has 1 saturated carbocycles. The zero-order chi connectivity index (χ0) is 13.3. The first-order chi connectivity index (χ1) is 8.43. The van der Waals surface area contributed by atoms with E-state index < -0.39 is 10.8 Å². The Morgan fingerprint density at radius 2 is 2.17 bits per heavy atom. The lowest BCUT2D eigenvalue weighted by Gasteiger charge is -2.39. The molecule has 1 aliphatic rings. The van der Waals surface area contributed by atoms with Crippen molar-refractivity contribution in [3.05, 3.63) is 38.9 Å². The molecule has 1 amide bonds. The Hall–Kier alpha value is -1.62. The third-order valence-electron chi connectivity index (χ3n) is 3.29. The molecule has 0 aliphatic heterocycles. The van der Waals surface area contributed by atoms with Crippen LogP contribution >= 0.6 is 11.6 Å². The van der Waals surface area contributed by atoms with Crippen LogP contribution in [-0.2, 0) is 0 Å². The maximum atomic E-state index is 12.1. The molecule has 5 nitrogen and oxygen atoms in total. The second-order valence-electron chi connectivity index (χ2n) is 4.76. The Morgan fingerprint density at radius 3 is 2.67 bits per heavy atom. The molecular formula is C12H13ClN2O3. The monoisotopic (exact) mass is 268 g/mol. The average molecular weight is 269 g/mol. The fourth-order valence-corrected chi connectivity index (χ4v) is 2.30. The van der Waals surface area contributed by atoms with E-state index in [1.54, 1.807) is 0 Å². The van der Waals surface area contributed by atoms with Gasteiger partial charge in [-0.25, -0.2) is 0 Å². The third-order valence-corrected chi connectivity index (χ3v) is 3.59. The number of carbonyl (C=O) groups is 1. The number of para-hydroxylation sites is 1. The smallest absolute Gasteiger partial charge is 0.300 e. The van der Waals surface area contributed by atoms with E-state index >= 15 is 0 Å². The number of amides is 1. The predicted octanol–water partition coefficient (Wildman–Crippen LogP) is 2.92. The van der Waals surface area contributed by atoms with Gasteiger partial charge in [0.15, 0.2) is 0 Å². The zero-order valence-electron chi connectivity index (χ0n) is 9.90. The van der Waals surface area contributed by atoms with Gasteiger partial charge in [0.05, 0.1) is 4.92 Å². The van der Waals surface area contributed by atoms with E-state index in [0.717, 1.165) is 19.3 Å². The van der Waals surface area contributed by atoms with Gasteiger partial charge in [0.25, 0.3) is 5.91 Å². The van der Waals surface area contributed by atoms with Crippen LogP contribution in [0.15, 0.2) is 18.2 Å². The summed E-state index contributed by atoms with van der Waals surface area (Å²) in [5.41, 5.74) is -0.562. The SMILES string of the molecule is CC1(NC(=O)c2cccc(Cl)c2[N+](=O)[O-])CCC1. The molecule has 0 aromatic heterocycles. The van der Waals surface area contributed by atoms with E-state index in [1.165, 1.54) is 18.2 Å². The molecule has 0 atom stereocenters. The summed E-state index contributed by atoms with van der Waals surface area (Å²) in [7, 11) is 0. The van der Waals surface area contributed by atoms with Gasteiger partial charge in [0.1, 0.15) is 10.6 Å². The lowest BCUT2D eigenvalue weighted by molar-refractivity contribution is -0.385. The fraction of sp³-hybridized carbons (Fsp3) is 0.417. The second kappa shape index (κ2) is 4.57. The average Bonchev–Trinajstić information content (AvgIpc) is 2.25. The minimum atomic E-state index is -0.625. The van der Waals surface area contributed by atoms with Gasteiger partial charge in [-0.2, -0.15) is 0 Å². The molecule has 0 radical (unpaired) electrons. The van der Waals surface area contributed by atoms with Crippen LogP contribution in [-0.4, -0.2) is 16.4 Å². The van der Waals surface area contributed by atoms with Gasteiger partial charge in [0.2, 0.25) is 0 Å². The predicted molar refractivity (Wildman–Crippen MR) is 67.8 cm³/mol. The number of rotatable bonds is 3. The van der Waals surface area contributed by atoms with Crippen molar-refractivity contribution in [2.75, 3.05) is 0 Å². The summed E-state index contributed by atoms with van der Waals surface area (Å²) in [4.78, 5) is 22.4. The standard InChI is InChI=1S/C12H13ClN2O3/c1-12(6-3-7-12)14-11(16)8-4-2-5-9(13)10(8)15(17)18/h2,4-5H,3,6-7H2,1H3,(H,14,16). The molecule has 0 unspecified atom stereocenters. The summed E-state index contributed by atoms with van der Waals surface area (Å²) >= 11 is 5.77.